The minimum absolute atomic E-state index is 0.0821. The Bertz CT molecular complexity index is 895. The van der Waals surface area contributed by atoms with Gasteiger partial charge in [0.05, 0.1) is 12.7 Å². The molecule has 0 radical (unpaired) electrons. The third kappa shape index (κ3) is 5.11. The Kier molecular flexibility index (Phi) is 6.81. The number of ketones is 1. The average Bonchev–Trinajstić information content (AvgIpc) is 2.65. The van der Waals surface area contributed by atoms with Gasteiger partial charge in [0, 0.05) is 23.6 Å². The standard InChI is InChI=1S/C24H29NO3/c1-7-24(2,3)20-14-19(23(28-6)15-22(20)27)21(26)12-11-17-9-8-10-18(13-17)16-25(4)5/h7-15,27H,1,16H2,2-6H3/b12-11+. The number of phenolic OH excluding ortho intramolecular Hbond substituents is 1. The van der Waals surface area contributed by atoms with Crippen molar-refractivity contribution >= 4 is 11.9 Å². The van der Waals surface area contributed by atoms with Crippen LogP contribution in [0.1, 0.15) is 40.9 Å². The molecular formula is C24H29NO3. The predicted molar refractivity (Wildman–Crippen MR) is 115 cm³/mol. The maximum atomic E-state index is 12.9. The fraction of sp³-hybridized carbons (Fsp3) is 0.292. The molecule has 0 atom stereocenters. The van der Waals surface area contributed by atoms with Crippen LogP contribution in [0.5, 0.6) is 11.5 Å². The topological polar surface area (TPSA) is 49.8 Å². The second-order valence-electron chi connectivity index (χ2n) is 7.68. The molecule has 0 aliphatic heterocycles. The van der Waals surface area contributed by atoms with Crippen LogP contribution in [0.4, 0.5) is 0 Å². The molecule has 0 fully saturated rings. The molecule has 0 aliphatic carbocycles. The third-order valence-electron chi connectivity index (χ3n) is 4.66. The van der Waals surface area contributed by atoms with Crippen molar-refractivity contribution in [1.29, 1.82) is 0 Å². The first-order valence-electron chi connectivity index (χ1n) is 9.19. The maximum Gasteiger partial charge on any atom is 0.189 e. The summed E-state index contributed by atoms with van der Waals surface area (Å²) in [6.07, 6.45) is 5.08. The Morgan fingerprint density at radius 2 is 1.96 bits per heavy atom. The zero-order valence-corrected chi connectivity index (χ0v) is 17.3. The van der Waals surface area contributed by atoms with Crippen LogP contribution >= 0.6 is 0 Å². The van der Waals surface area contributed by atoms with E-state index in [0.29, 0.717) is 16.9 Å². The summed E-state index contributed by atoms with van der Waals surface area (Å²) in [7, 11) is 5.52. The van der Waals surface area contributed by atoms with Gasteiger partial charge in [0.2, 0.25) is 0 Å². The molecule has 2 aromatic carbocycles. The normalized spacial score (nSPS) is 11.8. The van der Waals surface area contributed by atoms with Gasteiger partial charge < -0.3 is 14.7 Å². The van der Waals surface area contributed by atoms with Crippen LogP contribution in [0.25, 0.3) is 6.08 Å². The largest absolute Gasteiger partial charge is 0.507 e. The third-order valence-corrected chi connectivity index (χ3v) is 4.66. The lowest BCUT2D eigenvalue weighted by Crippen LogP contribution is -2.14. The Morgan fingerprint density at radius 1 is 1.25 bits per heavy atom. The van der Waals surface area contributed by atoms with Crippen molar-refractivity contribution in [3.63, 3.8) is 0 Å². The summed E-state index contributed by atoms with van der Waals surface area (Å²) in [6, 6.07) is 11.2. The second-order valence-corrected chi connectivity index (χ2v) is 7.68. The van der Waals surface area contributed by atoms with Crippen LogP contribution in [0, 0.1) is 0 Å². The number of ether oxygens (including phenoxy) is 1. The number of hydrogen-bond acceptors (Lipinski definition) is 4. The van der Waals surface area contributed by atoms with E-state index in [1.54, 1.807) is 18.2 Å². The molecular weight excluding hydrogens is 350 g/mol. The van der Waals surface area contributed by atoms with Gasteiger partial charge in [-0.15, -0.1) is 6.58 Å². The smallest absolute Gasteiger partial charge is 0.189 e. The Morgan fingerprint density at radius 3 is 2.57 bits per heavy atom. The molecule has 0 heterocycles. The summed E-state index contributed by atoms with van der Waals surface area (Å²) in [5, 5.41) is 10.3. The number of rotatable bonds is 8. The van der Waals surface area contributed by atoms with Gasteiger partial charge in [-0.05, 0) is 37.4 Å². The summed E-state index contributed by atoms with van der Waals surface area (Å²) in [4.78, 5) is 15.0. The highest BCUT2D eigenvalue weighted by Crippen LogP contribution is 2.37. The van der Waals surface area contributed by atoms with E-state index >= 15 is 0 Å². The molecule has 2 rings (SSSR count). The summed E-state index contributed by atoms with van der Waals surface area (Å²) >= 11 is 0. The van der Waals surface area contributed by atoms with Gasteiger partial charge in [0.15, 0.2) is 5.78 Å². The number of aromatic hydroxyl groups is 1. The molecule has 0 spiro atoms. The number of nitrogens with zero attached hydrogens (tertiary/aromatic N) is 1. The van der Waals surface area contributed by atoms with E-state index in [1.165, 1.54) is 24.8 Å². The molecule has 148 valence electrons. The lowest BCUT2D eigenvalue weighted by molar-refractivity contribution is 0.104. The molecule has 4 nitrogen and oxygen atoms in total. The van der Waals surface area contributed by atoms with E-state index in [1.807, 2.05) is 40.1 Å². The second kappa shape index (κ2) is 8.89. The predicted octanol–water partition coefficient (Wildman–Crippen LogP) is 4.82. The summed E-state index contributed by atoms with van der Waals surface area (Å²) < 4.78 is 5.32. The zero-order valence-electron chi connectivity index (χ0n) is 17.3. The first-order chi connectivity index (χ1) is 13.2. The molecule has 4 heteroatoms. The fourth-order valence-corrected chi connectivity index (χ4v) is 2.98. The Labute approximate surface area is 167 Å². The Balaban J connectivity index is 2.37. The van der Waals surface area contributed by atoms with Gasteiger partial charge in [-0.3, -0.25) is 4.79 Å². The molecule has 1 N–H and O–H groups in total. The minimum atomic E-state index is -0.477. The van der Waals surface area contributed by atoms with Gasteiger partial charge in [-0.2, -0.15) is 0 Å². The number of allylic oxidation sites excluding steroid dienone is 2. The average molecular weight is 380 g/mol. The van der Waals surface area contributed by atoms with Gasteiger partial charge in [0.25, 0.3) is 0 Å². The minimum Gasteiger partial charge on any atom is -0.507 e. The molecule has 28 heavy (non-hydrogen) atoms. The van der Waals surface area contributed by atoms with Gasteiger partial charge in [0.1, 0.15) is 11.5 Å². The van der Waals surface area contributed by atoms with Crippen molar-refractivity contribution in [2.24, 2.45) is 0 Å². The van der Waals surface area contributed by atoms with Crippen molar-refractivity contribution in [3.05, 3.63) is 77.4 Å². The van der Waals surface area contributed by atoms with Gasteiger partial charge in [-0.1, -0.05) is 50.3 Å². The molecule has 0 amide bonds. The highest BCUT2D eigenvalue weighted by molar-refractivity contribution is 6.09. The van der Waals surface area contributed by atoms with Crippen molar-refractivity contribution < 1.29 is 14.6 Å². The number of benzene rings is 2. The summed E-state index contributed by atoms with van der Waals surface area (Å²) in [6.45, 7) is 8.53. The number of hydrogen-bond donors (Lipinski definition) is 1. The van der Waals surface area contributed by atoms with Crippen LogP contribution in [-0.2, 0) is 12.0 Å². The fourth-order valence-electron chi connectivity index (χ4n) is 2.98. The molecule has 0 bridgehead atoms. The van der Waals surface area contributed by atoms with Crippen LogP contribution < -0.4 is 4.74 Å². The van der Waals surface area contributed by atoms with E-state index in [9.17, 15) is 9.90 Å². The van der Waals surface area contributed by atoms with Gasteiger partial charge >= 0.3 is 0 Å². The first kappa shape index (κ1) is 21.5. The number of carbonyl (C=O) groups is 1. The molecule has 0 saturated heterocycles. The molecule has 0 aliphatic rings. The van der Waals surface area contributed by atoms with Crippen LogP contribution in [-0.4, -0.2) is 37.0 Å². The van der Waals surface area contributed by atoms with Crippen LogP contribution in [0.15, 0.2) is 55.1 Å². The van der Waals surface area contributed by atoms with Crippen molar-refractivity contribution in [2.45, 2.75) is 25.8 Å². The van der Waals surface area contributed by atoms with Crippen molar-refractivity contribution in [3.8, 4) is 11.5 Å². The number of phenols is 1. The number of methoxy groups -OCH3 is 1. The van der Waals surface area contributed by atoms with Crippen molar-refractivity contribution in [1.82, 2.24) is 4.90 Å². The first-order valence-corrected chi connectivity index (χ1v) is 9.19. The van der Waals surface area contributed by atoms with E-state index in [4.69, 9.17) is 4.74 Å². The molecule has 0 saturated carbocycles. The lowest BCUT2D eigenvalue weighted by atomic mass is 9.83. The Hall–Kier alpha value is -2.85. The maximum absolute atomic E-state index is 12.9. The van der Waals surface area contributed by atoms with Gasteiger partial charge in [-0.25, -0.2) is 0 Å². The highest BCUT2D eigenvalue weighted by atomic mass is 16.5. The monoisotopic (exact) mass is 379 g/mol. The highest BCUT2D eigenvalue weighted by Gasteiger charge is 2.24. The summed E-state index contributed by atoms with van der Waals surface area (Å²) in [5.41, 5.74) is 2.70. The zero-order chi connectivity index (χ0) is 20.9. The number of carbonyl (C=O) groups excluding carboxylic acids is 1. The van der Waals surface area contributed by atoms with Crippen molar-refractivity contribution in [2.75, 3.05) is 21.2 Å². The molecule has 0 unspecified atom stereocenters. The lowest BCUT2D eigenvalue weighted by Gasteiger charge is -2.23. The van der Waals surface area contributed by atoms with E-state index in [0.717, 1.165) is 12.1 Å². The van der Waals surface area contributed by atoms with E-state index in [-0.39, 0.29) is 11.5 Å². The summed E-state index contributed by atoms with van der Waals surface area (Å²) in [5.74, 6) is 0.242. The van der Waals surface area contributed by atoms with Crippen LogP contribution in [0.3, 0.4) is 0 Å². The quantitative estimate of drug-likeness (QED) is 0.406. The molecule has 0 aromatic heterocycles. The molecule has 2 aromatic rings. The van der Waals surface area contributed by atoms with E-state index < -0.39 is 5.41 Å². The van der Waals surface area contributed by atoms with Crippen LogP contribution in [0.2, 0.25) is 0 Å². The van der Waals surface area contributed by atoms with E-state index in [2.05, 4.69) is 23.6 Å². The SMILES string of the molecule is C=CC(C)(C)c1cc(C(=O)/C=C/c2cccc(CN(C)C)c2)c(OC)cc1O.